The minimum absolute atomic E-state index is 0. The molecule has 3 nitrogen and oxygen atoms in total. The first-order chi connectivity index (χ1) is 6.75. The largest absolute Gasteiger partial charge is 0.298 e. The summed E-state index contributed by atoms with van der Waals surface area (Å²) in [5.41, 5.74) is 1.11. The predicted molar refractivity (Wildman–Crippen MR) is 67.7 cm³/mol. The first kappa shape index (κ1) is 12.3. The summed E-state index contributed by atoms with van der Waals surface area (Å²) in [5.74, 6) is 0. The third-order valence-corrected chi connectivity index (χ3v) is 3.10. The summed E-state index contributed by atoms with van der Waals surface area (Å²) in [4.78, 5) is 4.10. The zero-order valence-electron chi connectivity index (χ0n) is 8.75. The van der Waals surface area contributed by atoms with Crippen LogP contribution < -0.4 is 0 Å². The molecule has 5 heteroatoms. The quantitative estimate of drug-likeness (QED) is 0.758. The van der Waals surface area contributed by atoms with Crippen molar-refractivity contribution in [1.82, 2.24) is 9.99 Å². The molecule has 2 heterocycles. The molecule has 1 unspecified atom stereocenters. The average Bonchev–Trinajstić information content (AvgIpc) is 2.18. The lowest BCUT2D eigenvalue weighted by atomic mass is 10.3. The van der Waals surface area contributed by atoms with Crippen LogP contribution in [0.5, 0.6) is 0 Å². The van der Waals surface area contributed by atoms with Crippen molar-refractivity contribution in [1.29, 1.82) is 0 Å². The fourth-order valence-corrected chi connectivity index (χ4v) is 2.55. The Morgan fingerprint density at radius 2 is 2.33 bits per heavy atom. The molecular formula is C10H14ClN3S. The van der Waals surface area contributed by atoms with Gasteiger partial charge in [0.05, 0.1) is 0 Å². The number of rotatable bonds is 1. The molecule has 0 radical (unpaired) electrons. The van der Waals surface area contributed by atoms with Gasteiger partial charge in [0.2, 0.25) is 0 Å². The lowest BCUT2D eigenvalue weighted by Crippen LogP contribution is -2.28. The number of hydrogen-bond acceptors (Lipinski definition) is 4. The first-order valence-electron chi connectivity index (χ1n) is 4.62. The van der Waals surface area contributed by atoms with Gasteiger partial charge in [0, 0.05) is 36.8 Å². The molecule has 1 aromatic heterocycles. The fraction of sp³-hybridized carbons (Fsp3) is 0.400. The SMILES string of the molecule is CC1CN(C)N=C(c2cccnc2)S1.Cl. The Morgan fingerprint density at radius 3 is 2.93 bits per heavy atom. The van der Waals surface area contributed by atoms with Gasteiger partial charge in [-0.05, 0) is 12.1 Å². The highest BCUT2D eigenvalue weighted by Crippen LogP contribution is 2.23. The topological polar surface area (TPSA) is 28.5 Å². The van der Waals surface area contributed by atoms with Crippen LogP contribution in [-0.2, 0) is 0 Å². The molecule has 0 saturated heterocycles. The first-order valence-corrected chi connectivity index (χ1v) is 5.50. The molecular weight excluding hydrogens is 230 g/mol. The van der Waals surface area contributed by atoms with E-state index < -0.39 is 0 Å². The fourth-order valence-electron chi connectivity index (χ4n) is 1.43. The van der Waals surface area contributed by atoms with Crippen molar-refractivity contribution in [2.24, 2.45) is 5.10 Å². The maximum Gasteiger partial charge on any atom is 0.125 e. The smallest absolute Gasteiger partial charge is 0.125 e. The van der Waals surface area contributed by atoms with Gasteiger partial charge in [0.1, 0.15) is 5.04 Å². The Morgan fingerprint density at radius 1 is 1.53 bits per heavy atom. The van der Waals surface area contributed by atoms with Gasteiger partial charge in [-0.2, -0.15) is 5.10 Å². The zero-order valence-corrected chi connectivity index (χ0v) is 10.4. The third-order valence-electron chi connectivity index (χ3n) is 2.00. The molecule has 15 heavy (non-hydrogen) atoms. The summed E-state index contributed by atoms with van der Waals surface area (Å²) < 4.78 is 0. The van der Waals surface area contributed by atoms with Crippen molar-refractivity contribution >= 4 is 29.2 Å². The molecule has 82 valence electrons. The molecule has 0 amide bonds. The molecule has 0 N–H and O–H groups in total. The Kier molecular flexibility index (Phi) is 4.42. The minimum atomic E-state index is 0. The van der Waals surface area contributed by atoms with E-state index in [2.05, 4.69) is 17.0 Å². The van der Waals surface area contributed by atoms with Gasteiger partial charge >= 0.3 is 0 Å². The van der Waals surface area contributed by atoms with Crippen molar-refractivity contribution in [2.75, 3.05) is 13.6 Å². The summed E-state index contributed by atoms with van der Waals surface area (Å²) >= 11 is 1.81. The van der Waals surface area contributed by atoms with Crippen molar-refractivity contribution in [3.05, 3.63) is 30.1 Å². The molecule has 1 aliphatic heterocycles. The zero-order chi connectivity index (χ0) is 9.97. The Labute approximate surface area is 100 Å². The summed E-state index contributed by atoms with van der Waals surface area (Å²) in [6, 6.07) is 3.99. The second kappa shape index (κ2) is 5.37. The van der Waals surface area contributed by atoms with Crippen LogP contribution in [0.15, 0.2) is 29.6 Å². The highest BCUT2D eigenvalue weighted by molar-refractivity contribution is 8.15. The van der Waals surface area contributed by atoms with E-state index in [1.54, 1.807) is 6.20 Å². The van der Waals surface area contributed by atoms with Crippen LogP contribution in [0, 0.1) is 0 Å². The van der Waals surface area contributed by atoms with E-state index in [0.29, 0.717) is 5.25 Å². The van der Waals surface area contributed by atoms with Gasteiger partial charge < -0.3 is 0 Å². The van der Waals surface area contributed by atoms with Crippen molar-refractivity contribution < 1.29 is 0 Å². The highest BCUT2D eigenvalue weighted by Gasteiger charge is 2.17. The lowest BCUT2D eigenvalue weighted by molar-refractivity contribution is 0.357. The number of pyridine rings is 1. The molecule has 0 aliphatic carbocycles. The Balaban J connectivity index is 0.00000112. The normalized spacial score (nSPS) is 20.5. The van der Waals surface area contributed by atoms with Crippen molar-refractivity contribution in [3.8, 4) is 0 Å². The Bertz CT molecular complexity index is 342. The lowest BCUT2D eigenvalue weighted by Gasteiger charge is -2.25. The van der Waals surface area contributed by atoms with Crippen LogP contribution in [0.4, 0.5) is 0 Å². The van der Waals surface area contributed by atoms with Crippen LogP contribution in [0.1, 0.15) is 12.5 Å². The number of aromatic nitrogens is 1. The van der Waals surface area contributed by atoms with Gasteiger partial charge in [-0.1, -0.05) is 18.7 Å². The molecule has 0 aromatic carbocycles. The maximum absolute atomic E-state index is 4.48. The highest BCUT2D eigenvalue weighted by atomic mass is 35.5. The molecule has 2 rings (SSSR count). The molecule has 0 bridgehead atoms. The van der Waals surface area contributed by atoms with Gasteiger partial charge in [0.15, 0.2) is 0 Å². The summed E-state index contributed by atoms with van der Waals surface area (Å²) in [5, 5.41) is 8.12. The van der Waals surface area contributed by atoms with Crippen LogP contribution in [0.25, 0.3) is 0 Å². The van der Waals surface area contributed by atoms with Crippen LogP contribution >= 0.6 is 24.2 Å². The van der Waals surface area contributed by atoms with Crippen LogP contribution in [0.3, 0.4) is 0 Å². The van der Waals surface area contributed by atoms with E-state index in [-0.39, 0.29) is 12.4 Å². The summed E-state index contributed by atoms with van der Waals surface area (Å²) in [7, 11) is 2.01. The van der Waals surface area contributed by atoms with E-state index in [9.17, 15) is 0 Å². The number of nitrogens with zero attached hydrogens (tertiary/aromatic N) is 3. The van der Waals surface area contributed by atoms with Crippen LogP contribution in [0.2, 0.25) is 0 Å². The number of halogens is 1. The Hall–Kier alpha value is -0.740. The molecule has 0 saturated carbocycles. The number of thioether (sulfide) groups is 1. The average molecular weight is 244 g/mol. The van der Waals surface area contributed by atoms with Gasteiger partial charge in [-0.25, -0.2) is 0 Å². The molecule has 1 atom stereocenters. The second-order valence-electron chi connectivity index (χ2n) is 3.42. The molecule has 1 aliphatic rings. The maximum atomic E-state index is 4.48. The third kappa shape index (κ3) is 3.11. The van der Waals surface area contributed by atoms with E-state index in [0.717, 1.165) is 17.2 Å². The monoisotopic (exact) mass is 243 g/mol. The van der Waals surface area contributed by atoms with E-state index in [4.69, 9.17) is 0 Å². The molecule has 1 aromatic rings. The standard InChI is InChI=1S/C10H13N3S.ClH/c1-8-7-13(2)12-10(14-8)9-4-3-5-11-6-9;/h3-6,8H,7H2,1-2H3;1H. The van der Waals surface area contributed by atoms with Gasteiger partial charge in [-0.15, -0.1) is 12.4 Å². The van der Waals surface area contributed by atoms with Gasteiger partial charge in [0.25, 0.3) is 0 Å². The second-order valence-corrected chi connectivity index (χ2v) is 4.84. The molecule has 0 spiro atoms. The number of hydrazone groups is 1. The van der Waals surface area contributed by atoms with Crippen molar-refractivity contribution in [2.45, 2.75) is 12.2 Å². The van der Waals surface area contributed by atoms with Crippen LogP contribution in [-0.4, -0.2) is 33.9 Å². The summed E-state index contributed by atoms with van der Waals surface area (Å²) in [6.07, 6.45) is 3.64. The van der Waals surface area contributed by atoms with Gasteiger partial charge in [-0.3, -0.25) is 9.99 Å². The van der Waals surface area contributed by atoms with E-state index in [1.807, 2.05) is 42.1 Å². The van der Waals surface area contributed by atoms with Crippen molar-refractivity contribution in [3.63, 3.8) is 0 Å². The van der Waals surface area contributed by atoms with E-state index >= 15 is 0 Å². The number of hydrogen-bond donors (Lipinski definition) is 0. The summed E-state index contributed by atoms with van der Waals surface area (Å²) in [6.45, 7) is 3.22. The molecule has 0 fully saturated rings. The minimum Gasteiger partial charge on any atom is -0.298 e. The predicted octanol–water partition coefficient (Wildman–Crippen LogP) is 2.23. The van der Waals surface area contributed by atoms with E-state index in [1.165, 1.54) is 0 Å².